The first kappa shape index (κ1) is 19.4. The Morgan fingerprint density at radius 2 is 1.85 bits per heavy atom. The summed E-state index contributed by atoms with van der Waals surface area (Å²) in [5.74, 6) is 4.75. The first-order chi connectivity index (χ1) is 12.6. The number of ketones is 2. The summed E-state index contributed by atoms with van der Waals surface area (Å²) in [5.41, 5.74) is 1.84. The molecule has 0 radical (unpaired) electrons. The maximum atomic E-state index is 12.7. The second-order valence-corrected chi connectivity index (χ2v) is 11.3. The van der Waals surface area contributed by atoms with Crippen LogP contribution in [0.15, 0.2) is 11.6 Å². The summed E-state index contributed by atoms with van der Waals surface area (Å²) >= 11 is 0. The van der Waals surface area contributed by atoms with Gasteiger partial charge in [-0.05, 0) is 91.4 Å². The lowest BCUT2D eigenvalue weighted by Gasteiger charge is -2.59. The first-order valence-corrected chi connectivity index (χ1v) is 11.3. The topological polar surface area (TPSA) is 34.1 Å². The van der Waals surface area contributed by atoms with Crippen LogP contribution in [-0.4, -0.2) is 11.6 Å². The Bertz CT molecular complexity index is 688. The van der Waals surface area contributed by atoms with Crippen molar-refractivity contribution in [2.24, 2.45) is 52.3 Å². The van der Waals surface area contributed by atoms with E-state index >= 15 is 0 Å². The van der Waals surface area contributed by atoms with Gasteiger partial charge in [-0.3, -0.25) is 9.59 Å². The number of hydrogen-bond donors (Lipinski definition) is 0. The molecule has 3 saturated carbocycles. The Labute approximate surface area is 165 Å². The molecule has 0 aliphatic heterocycles. The van der Waals surface area contributed by atoms with E-state index in [-0.39, 0.29) is 16.7 Å². The molecular formula is C25H38O2. The molecule has 4 rings (SSSR count). The van der Waals surface area contributed by atoms with Crippen LogP contribution in [0.3, 0.4) is 0 Å². The zero-order valence-corrected chi connectivity index (χ0v) is 18.2. The summed E-state index contributed by atoms with van der Waals surface area (Å²) in [4.78, 5) is 24.8. The van der Waals surface area contributed by atoms with Gasteiger partial charge >= 0.3 is 0 Å². The highest BCUT2D eigenvalue weighted by Crippen LogP contribution is 2.69. The van der Waals surface area contributed by atoms with Crippen LogP contribution < -0.4 is 0 Å². The Morgan fingerprint density at radius 3 is 2.48 bits per heavy atom. The van der Waals surface area contributed by atoms with E-state index in [1.54, 1.807) is 0 Å². The van der Waals surface area contributed by atoms with Gasteiger partial charge in [0, 0.05) is 12.3 Å². The Kier molecular flexibility index (Phi) is 4.52. The van der Waals surface area contributed by atoms with Gasteiger partial charge in [-0.1, -0.05) is 40.2 Å². The van der Waals surface area contributed by atoms with E-state index in [4.69, 9.17) is 0 Å². The van der Waals surface area contributed by atoms with Gasteiger partial charge in [0.2, 0.25) is 0 Å². The minimum Gasteiger partial charge on any atom is -0.300 e. The van der Waals surface area contributed by atoms with Crippen molar-refractivity contribution < 1.29 is 9.59 Å². The van der Waals surface area contributed by atoms with Gasteiger partial charge in [0.1, 0.15) is 5.78 Å². The number of rotatable bonds is 2. The van der Waals surface area contributed by atoms with Crippen molar-refractivity contribution in [3.63, 3.8) is 0 Å². The molecule has 0 saturated heterocycles. The highest BCUT2D eigenvalue weighted by Gasteiger charge is 2.63. The second kappa shape index (κ2) is 6.29. The molecule has 0 heterocycles. The molecule has 4 aliphatic rings. The third-order valence-corrected chi connectivity index (χ3v) is 9.68. The molecule has 27 heavy (non-hydrogen) atoms. The third-order valence-electron chi connectivity index (χ3n) is 9.68. The maximum absolute atomic E-state index is 12.7. The maximum Gasteiger partial charge on any atom is 0.155 e. The van der Waals surface area contributed by atoms with Crippen LogP contribution in [0.25, 0.3) is 0 Å². The normalized spacial score (nSPS) is 49.3. The van der Waals surface area contributed by atoms with E-state index < -0.39 is 0 Å². The summed E-state index contributed by atoms with van der Waals surface area (Å²) in [6.45, 7) is 13.7. The number of allylic oxidation sites excluding steroid dienone is 1. The molecule has 4 aliphatic carbocycles. The molecule has 0 spiro atoms. The van der Waals surface area contributed by atoms with Gasteiger partial charge in [0.25, 0.3) is 0 Å². The van der Waals surface area contributed by atoms with Crippen LogP contribution in [0.4, 0.5) is 0 Å². The fraction of sp³-hybridized carbons (Fsp3) is 0.840. The van der Waals surface area contributed by atoms with E-state index in [0.717, 1.165) is 18.8 Å². The van der Waals surface area contributed by atoms with Crippen molar-refractivity contribution in [1.29, 1.82) is 0 Å². The van der Waals surface area contributed by atoms with Crippen LogP contribution >= 0.6 is 0 Å². The van der Waals surface area contributed by atoms with E-state index in [0.29, 0.717) is 41.2 Å². The molecule has 2 heteroatoms. The molecule has 8 atom stereocenters. The Hall–Kier alpha value is -0.920. The smallest absolute Gasteiger partial charge is 0.155 e. The van der Waals surface area contributed by atoms with Crippen molar-refractivity contribution in [3.8, 4) is 0 Å². The van der Waals surface area contributed by atoms with Gasteiger partial charge in [0.15, 0.2) is 5.78 Å². The molecule has 0 N–H and O–H groups in total. The standard InChI is InChI=1S/C25H38O2/c1-14(2)18-13-22-19-11-15(3)21-12-17(27)7-9-24(21,5)20(19)8-10-25(22,6)23(18)16(4)26/h12,14-15,18-20,22-23H,7-11,13H2,1-6H3/t15-,18-,19+,20-,22-,23-,24+,25-/m0/s1. The van der Waals surface area contributed by atoms with Gasteiger partial charge < -0.3 is 0 Å². The zero-order valence-electron chi connectivity index (χ0n) is 18.2. The molecule has 0 aromatic carbocycles. The fourth-order valence-electron chi connectivity index (χ4n) is 8.50. The SMILES string of the molecule is CC(=O)[C@H]1[C@H](C(C)C)C[C@H]2[C@@H]3C[C@H](C)C4=CC(=O)CC[C@]4(C)[C@H]3CC[C@@]21C. The highest BCUT2D eigenvalue weighted by molar-refractivity contribution is 5.91. The van der Waals surface area contributed by atoms with Crippen molar-refractivity contribution in [1.82, 2.24) is 0 Å². The zero-order chi connectivity index (χ0) is 19.7. The number of carbonyl (C=O) groups excluding carboxylic acids is 2. The quantitative estimate of drug-likeness (QED) is 0.611. The van der Waals surface area contributed by atoms with E-state index in [9.17, 15) is 9.59 Å². The van der Waals surface area contributed by atoms with Gasteiger partial charge in [-0.25, -0.2) is 0 Å². The van der Waals surface area contributed by atoms with Crippen LogP contribution in [-0.2, 0) is 9.59 Å². The van der Waals surface area contributed by atoms with Crippen molar-refractivity contribution >= 4 is 11.6 Å². The number of hydrogen-bond acceptors (Lipinski definition) is 2. The molecule has 0 bridgehead atoms. The second-order valence-electron chi connectivity index (χ2n) is 11.3. The van der Waals surface area contributed by atoms with Gasteiger partial charge in [-0.15, -0.1) is 0 Å². The van der Waals surface area contributed by atoms with Crippen molar-refractivity contribution in [2.75, 3.05) is 0 Å². The van der Waals surface area contributed by atoms with Gasteiger partial charge in [0.05, 0.1) is 0 Å². The molecule has 2 nitrogen and oxygen atoms in total. The first-order valence-electron chi connectivity index (χ1n) is 11.3. The summed E-state index contributed by atoms with van der Waals surface area (Å²) in [7, 11) is 0. The van der Waals surface area contributed by atoms with Crippen LogP contribution in [0.5, 0.6) is 0 Å². The predicted molar refractivity (Wildman–Crippen MR) is 109 cm³/mol. The monoisotopic (exact) mass is 370 g/mol. The average molecular weight is 371 g/mol. The summed E-state index contributed by atoms with van der Waals surface area (Å²) in [5, 5.41) is 0. The largest absolute Gasteiger partial charge is 0.300 e. The predicted octanol–water partition coefficient (Wildman–Crippen LogP) is 5.85. The van der Waals surface area contributed by atoms with Crippen LogP contribution in [0.1, 0.15) is 80.1 Å². The molecule has 0 aromatic rings. The third kappa shape index (κ3) is 2.64. The van der Waals surface area contributed by atoms with E-state index in [1.807, 2.05) is 13.0 Å². The van der Waals surface area contributed by atoms with Crippen LogP contribution in [0.2, 0.25) is 0 Å². The lowest BCUT2D eigenvalue weighted by molar-refractivity contribution is -0.131. The highest BCUT2D eigenvalue weighted by atomic mass is 16.1. The summed E-state index contributed by atoms with van der Waals surface area (Å²) < 4.78 is 0. The van der Waals surface area contributed by atoms with Crippen molar-refractivity contribution in [3.05, 3.63) is 11.6 Å². The summed E-state index contributed by atoms with van der Waals surface area (Å²) in [6, 6.07) is 0. The van der Waals surface area contributed by atoms with Gasteiger partial charge in [-0.2, -0.15) is 0 Å². The van der Waals surface area contributed by atoms with E-state index in [2.05, 4.69) is 34.6 Å². The number of Topliss-reactive ketones (excluding diaryl/α,β-unsaturated/α-hetero) is 1. The van der Waals surface area contributed by atoms with Crippen molar-refractivity contribution in [2.45, 2.75) is 80.1 Å². The number of fused-ring (bicyclic) bond motifs is 5. The number of carbonyl (C=O) groups is 2. The molecule has 150 valence electrons. The lowest BCUT2D eigenvalue weighted by Crippen LogP contribution is -2.52. The van der Waals surface area contributed by atoms with E-state index in [1.165, 1.54) is 31.3 Å². The molecule has 0 unspecified atom stereocenters. The Balaban J connectivity index is 1.73. The fourth-order valence-corrected chi connectivity index (χ4v) is 8.50. The summed E-state index contributed by atoms with van der Waals surface area (Å²) in [6.07, 6.45) is 8.66. The van der Waals surface area contributed by atoms with Crippen LogP contribution in [0, 0.1) is 52.3 Å². The molecule has 0 aromatic heterocycles. The molecular weight excluding hydrogens is 332 g/mol. The minimum atomic E-state index is 0.184. The average Bonchev–Trinajstić information content (AvgIpc) is 2.90. The molecule has 3 fully saturated rings. The lowest BCUT2D eigenvalue weighted by atomic mass is 9.45. The Morgan fingerprint density at radius 1 is 1.15 bits per heavy atom. The molecule has 0 amide bonds. The minimum absolute atomic E-state index is 0.184.